The molecule has 0 radical (unpaired) electrons. The van der Waals surface area contributed by atoms with Crippen LogP contribution in [0.4, 0.5) is 16.2 Å². The molecular weight excluding hydrogens is 408 g/mol. The molecule has 1 aromatic heterocycles. The number of rotatable bonds is 8. The Morgan fingerprint density at radius 3 is 2.70 bits per heavy atom. The first kappa shape index (κ1) is 21.4. The van der Waals surface area contributed by atoms with Crippen molar-refractivity contribution in [2.24, 2.45) is 21.7 Å². The number of amides is 2. The molecule has 0 atom stereocenters. The van der Waals surface area contributed by atoms with Gasteiger partial charge in [0.05, 0.1) is 17.9 Å². The van der Waals surface area contributed by atoms with Crippen LogP contribution in [0, 0.1) is 0 Å². The monoisotopic (exact) mass is 428 g/mol. The Bertz CT molecular complexity index is 1000. The lowest BCUT2D eigenvalue weighted by atomic mass is 10.3. The van der Waals surface area contributed by atoms with Gasteiger partial charge in [-0.1, -0.05) is 28.0 Å². The average molecular weight is 429 g/mol. The van der Waals surface area contributed by atoms with Crippen molar-refractivity contribution in [3.63, 3.8) is 0 Å². The minimum absolute atomic E-state index is 0.105. The van der Waals surface area contributed by atoms with Crippen LogP contribution in [0.3, 0.4) is 0 Å². The van der Waals surface area contributed by atoms with Crippen molar-refractivity contribution < 1.29 is 9.53 Å². The van der Waals surface area contributed by atoms with Gasteiger partial charge in [-0.15, -0.1) is 10.2 Å². The summed E-state index contributed by atoms with van der Waals surface area (Å²) in [5, 5.41) is 18.8. The lowest BCUT2D eigenvalue weighted by Gasteiger charge is -2.10. The first-order valence-electron chi connectivity index (χ1n) is 9.09. The summed E-state index contributed by atoms with van der Waals surface area (Å²) in [4.78, 5) is 12.0. The van der Waals surface area contributed by atoms with Crippen LogP contribution in [0.15, 0.2) is 65.0 Å². The highest BCUT2D eigenvalue weighted by atomic mass is 35.5. The smallest absolute Gasteiger partial charge is 0.364 e. The number of ether oxygens (including phenoxy) is 1. The quantitative estimate of drug-likeness (QED) is 0.469. The highest BCUT2D eigenvalue weighted by molar-refractivity contribution is 6.30. The summed E-state index contributed by atoms with van der Waals surface area (Å²) in [6.07, 6.45) is 1.74. The Morgan fingerprint density at radius 1 is 1.20 bits per heavy atom. The number of carbonyl (C=O) groups excluding carboxylic acids is 1. The Balaban J connectivity index is 1.55. The van der Waals surface area contributed by atoms with Crippen molar-refractivity contribution >= 4 is 29.0 Å². The van der Waals surface area contributed by atoms with Gasteiger partial charge in [0.1, 0.15) is 18.1 Å². The molecule has 0 aliphatic carbocycles. The maximum absolute atomic E-state index is 12.0. The summed E-state index contributed by atoms with van der Waals surface area (Å²) in [6.45, 7) is 0.948. The molecule has 156 valence electrons. The Kier molecular flexibility index (Phi) is 7.44. The largest absolute Gasteiger partial charge is 0.487 e. The third-order valence-electron chi connectivity index (χ3n) is 4.03. The van der Waals surface area contributed by atoms with E-state index < -0.39 is 6.03 Å². The van der Waals surface area contributed by atoms with E-state index in [1.54, 1.807) is 59.4 Å². The molecule has 0 unspecified atom stereocenters. The van der Waals surface area contributed by atoms with Crippen molar-refractivity contribution in [3.8, 4) is 5.75 Å². The minimum atomic E-state index is -0.611. The molecule has 11 heteroatoms. The number of azo groups is 1. The first-order chi connectivity index (χ1) is 14.6. The highest BCUT2D eigenvalue weighted by Gasteiger charge is 2.10. The number of halogens is 1. The van der Waals surface area contributed by atoms with Crippen LogP contribution in [0.1, 0.15) is 11.7 Å². The maximum Gasteiger partial charge on any atom is 0.364 e. The number of anilines is 1. The summed E-state index contributed by atoms with van der Waals surface area (Å²) in [5.74, 6) is 0.547. The molecule has 0 saturated carbocycles. The molecular formula is C19H21ClN8O2. The summed E-state index contributed by atoms with van der Waals surface area (Å²) in [5.41, 5.74) is 13.0. The Labute approximate surface area is 177 Å². The fourth-order valence-electron chi connectivity index (χ4n) is 2.45. The van der Waals surface area contributed by atoms with Gasteiger partial charge in [0.15, 0.2) is 0 Å². The highest BCUT2D eigenvalue weighted by Crippen LogP contribution is 2.20. The van der Waals surface area contributed by atoms with E-state index in [2.05, 4.69) is 25.9 Å². The van der Waals surface area contributed by atoms with Gasteiger partial charge in [-0.25, -0.2) is 9.48 Å². The summed E-state index contributed by atoms with van der Waals surface area (Å²) in [6, 6.07) is 12.8. The van der Waals surface area contributed by atoms with Crippen LogP contribution in [-0.4, -0.2) is 34.1 Å². The van der Waals surface area contributed by atoms with Crippen molar-refractivity contribution in [2.75, 3.05) is 18.4 Å². The van der Waals surface area contributed by atoms with Crippen molar-refractivity contribution in [1.29, 1.82) is 0 Å². The van der Waals surface area contributed by atoms with E-state index in [0.29, 0.717) is 40.9 Å². The third kappa shape index (κ3) is 6.08. The van der Waals surface area contributed by atoms with Crippen LogP contribution in [-0.2, 0) is 6.61 Å². The molecule has 2 amide bonds. The number of carbonyl (C=O) groups is 1. The van der Waals surface area contributed by atoms with Gasteiger partial charge in [0.25, 0.3) is 0 Å². The molecule has 3 rings (SSSR count). The number of nitrogens with two attached hydrogens (primary N) is 2. The predicted octanol–water partition coefficient (Wildman–Crippen LogP) is 3.28. The van der Waals surface area contributed by atoms with Crippen molar-refractivity contribution in [1.82, 2.24) is 15.0 Å². The van der Waals surface area contributed by atoms with Gasteiger partial charge < -0.3 is 21.5 Å². The maximum atomic E-state index is 12.0. The number of benzene rings is 2. The van der Waals surface area contributed by atoms with E-state index in [1.165, 1.54) is 0 Å². The number of urea groups is 1. The number of hydrogen-bond donors (Lipinski definition) is 3. The standard InChI is InChI=1S/C19H21ClN8O2/c20-13-4-6-14(7-5-13)24-26-19(29)23-15-2-1-3-18(8-15)30-12-16-11-28(27-25-16)17(9-21)10-22/h1-8,11,17H,9-10,12,21-22H2,(H,23,29). The molecule has 0 aliphatic heterocycles. The molecule has 2 aromatic carbocycles. The molecule has 0 bridgehead atoms. The Morgan fingerprint density at radius 2 is 1.97 bits per heavy atom. The first-order valence-corrected chi connectivity index (χ1v) is 9.47. The molecule has 0 aliphatic rings. The minimum Gasteiger partial charge on any atom is -0.487 e. The fourth-order valence-corrected chi connectivity index (χ4v) is 2.58. The molecule has 3 aromatic rings. The third-order valence-corrected chi connectivity index (χ3v) is 4.28. The van der Waals surface area contributed by atoms with Gasteiger partial charge in [-0.2, -0.15) is 0 Å². The van der Waals surface area contributed by atoms with Gasteiger partial charge in [-0.3, -0.25) is 0 Å². The van der Waals surface area contributed by atoms with E-state index in [9.17, 15) is 4.79 Å². The van der Waals surface area contributed by atoms with Crippen LogP contribution < -0.4 is 21.5 Å². The lowest BCUT2D eigenvalue weighted by Crippen LogP contribution is -2.27. The lowest BCUT2D eigenvalue weighted by molar-refractivity contribution is 0.258. The van der Waals surface area contributed by atoms with E-state index in [1.807, 2.05) is 0 Å². The number of hydrogen-bond acceptors (Lipinski definition) is 7. The molecule has 5 N–H and O–H groups in total. The molecule has 0 spiro atoms. The average Bonchev–Trinajstić information content (AvgIpc) is 3.22. The van der Waals surface area contributed by atoms with E-state index in [4.69, 9.17) is 27.8 Å². The van der Waals surface area contributed by atoms with Crippen molar-refractivity contribution in [2.45, 2.75) is 12.6 Å². The van der Waals surface area contributed by atoms with Crippen LogP contribution >= 0.6 is 11.6 Å². The second-order valence-electron chi connectivity index (χ2n) is 6.24. The summed E-state index contributed by atoms with van der Waals surface area (Å²) >= 11 is 5.81. The zero-order valence-corrected chi connectivity index (χ0v) is 16.7. The summed E-state index contributed by atoms with van der Waals surface area (Å²) in [7, 11) is 0. The van der Waals surface area contributed by atoms with Crippen LogP contribution in [0.25, 0.3) is 0 Å². The molecule has 10 nitrogen and oxygen atoms in total. The van der Waals surface area contributed by atoms with E-state index >= 15 is 0 Å². The van der Waals surface area contributed by atoms with Gasteiger partial charge in [0, 0.05) is 29.9 Å². The molecule has 0 fully saturated rings. The predicted molar refractivity (Wildman–Crippen MR) is 113 cm³/mol. The fraction of sp³-hybridized carbons (Fsp3) is 0.211. The number of nitrogens with zero attached hydrogens (tertiary/aromatic N) is 5. The topological polar surface area (TPSA) is 146 Å². The molecule has 1 heterocycles. The van der Waals surface area contributed by atoms with E-state index in [0.717, 1.165) is 0 Å². The van der Waals surface area contributed by atoms with Gasteiger partial charge >= 0.3 is 6.03 Å². The van der Waals surface area contributed by atoms with Crippen LogP contribution in [0.2, 0.25) is 5.02 Å². The number of nitrogens with one attached hydrogen (secondary N) is 1. The number of aromatic nitrogens is 3. The second-order valence-corrected chi connectivity index (χ2v) is 6.67. The van der Waals surface area contributed by atoms with Crippen LogP contribution in [0.5, 0.6) is 5.75 Å². The van der Waals surface area contributed by atoms with Gasteiger partial charge in [0.2, 0.25) is 0 Å². The molecule has 30 heavy (non-hydrogen) atoms. The SMILES string of the molecule is NCC(CN)n1cc(COc2cccc(NC(=O)N=Nc3ccc(Cl)cc3)c2)nn1. The Hall–Kier alpha value is -3.34. The van der Waals surface area contributed by atoms with E-state index in [-0.39, 0.29) is 12.6 Å². The zero-order chi connectivity index (χ0) is 21.3. The van der Waals surface area contributed by atoms with Crippen molar-refractivity contribution in [3.05, 3.63) is 65.4 Å². The molecule has 0 saturated heterocycles. The second kappa shape index (κ2) is 10.4. The summed E-state index contributed by atoms with van der Waals surface area (Å²) < 4.78 is 7.34. The van der Waals surface area contributed by atoms with Gasteiger partial charge in [-0.05, 0) is 36.4 Å². The zero-order valence-electron chi connectivity index (χ0n) is 16.0. The normalized spacial score (nSPS) is 11.2.